The molecule has 0 atom stereocenters. The molecule has 38 nitrogen and oxygen atoms in total. The van der Waals surface area contributed by atoms with E-state index < -0.39 is 141 Å². The van der Waals surface area contributed by atoms with E-state index in [1.807, 2.05) is 13.8 Å². The van der Waals surface area contributed by atoms with Crippen LogP contribution in [0.25, 0.3) is 76.3 Å². The van der Waals surface area contributed by atoms with Crippen molar-refractivity contribution in [3.05, 3.63) is 245 Å². The number of halogens is 11. The largest absolute Gasteiger partial charge is 0.481 e. The number of rotatable bonds is 32. The van der Waals surface area contributed by atoms with E-state index in [2.05, 4.69) is 34.9 Å². The van der Waals surface area contributed by atoms with Gasteiger partial charge in [-0.15, -0.1) is 0 Å². The minimum absolute atomic E-state index is 0.00347. The van der Waals surface area contributed by atoms with Crippen molar-refractivity contribution in [2.24, 2.45) is 0 Å². The summed E-state index contributed by atoms with van der Waals surface area (Å²) in [4.78, 5) is 185. The number of aromatic carboxylic acids is 4. The summed E-state index contributed by atoms with van der Waals surface area (Å²) in [5, 5.41) is 113. The fourth-order valence-corrected chi connectivity index (χ4v) is 16.4. The van der Waals surface area contributed by atoms with Crippen molar-refractivity contribution in [1.82, 2.24) is 34.9 Å². The SMILES string of the molecule is CCOC(=O)c1[nH]c2cc(C)cc(C(F)(F)F)c2c1CCC(=O)O.CCOC(=O)c1[nH]c2ccc(Cl)cc2c1CCC(=O)O.CCOC(=O)c1[nH]c2ccc([N+](=O)[O-])cc2c1CCC(=O)O.Cc1cc(Cl)c2[nH]c(C(=O)O)c(CCC(=O)O)c2c1.Cc1cc2[nH]c(C(=O)O)c(CCC(=O)O)c2cc1Cl.O=C(O)CCc1c(C(=O)O)[nH]c2ccc(Cl)c(C(F)(F)F)c12.O=C(O)CCc1c(C(=O)O)[nH]c2ccc(Cl)cc12. The molecule has 0 amide bonds. The highest BCUT2D eigenvalue weighted by Gasteiger charge is 2.39. The number of nitrogens with one attached hydrogen (secondary N) is 7. The first-order chi connectivity index (χ1) is 67.5. The topological polar surface area (TPSA) is 643 Å². The molecule has 7 heterocycles. The Hall–Kier alpha value is -15.7. The van der Waals surface area contributed by atoms with Crippen molar-refractivity contribution in [1.29, 1.82) is 0 Å². The van der Waals surface area contributed by atoms with Gasteiger partial charge in [0, 0.05) is 143 Å². The molecule has 0 saturated carbocycles. The van der Waals surface area contributed by atoms with Crippen molar-refractivity contribution in [3.63, 3.8) is 0 Å². The van der Waals surface area contributed by atoms with Crippen LogP contribution in [-0.4, -0.2) is 199 Å². The Balaban J connectivity index is 0.000000206. The van der Waals surface area contributed by atoms with Gasteiger partial charge in [-0.05, 0) is 233 Å². The van der Waals surface area contributed by atoms with Crippen LogP contribution in [0.2, 0.25) is 25.1 Å². The molecule has 0 bridgehead atoms. The number of aliphatic carboxylic acids is 7. The van der Waals surface area contributed by atoms with E-state index in [1.165, 1.54) is 37.3 Å². The number of non-ortho nitro benzene ring substituents is 1. The smallest absolute Gasteiger partial charge is 0.418 e. The van der Waals surface area contributed by atoms with Gasteiger partial charge < -0.3 is 105 Å². The molecule has 14 rings (SSSR count). The number of carboxylic acid groups (broad SMARTS) is 11. The molecule has 144 heavy (non-hydrogen) atoms. The number of nitrogens with zero attached hydrogens (tertiary/aromatic N) is 1. The van der Waals surface area contributed by atoms with Crippen molar-refractivity contribution < 1.29 is 169 Å². The Morgan fingerprint density at radius 1 is 0.326 bits per heavy atom. The van der Waals surface area contributed by atoms with E-state index in [4.69, 9.17) is 123 Å². The van der Waals surface area contributed by atoms with Gasteiger partial charge in [0.2, 0.25) is 0 Å². The number of H-pyrrole nitrogens is 7. The number of hydrogen-bond acceptors (Lipinski definition) is 19. The Bertz CT molecular complexity index is 7370. The van der Waals surface area contributed by atoms with Gasteiger partial charge in [0.15, 0.2) is 0 Å². The molecule has 7 aromatic carbocycles. The molecule has 14 aromatic rings. The molecule has 0 saturated heterocycles. The zero-order valence-electron chi connectivity index (χ0n) is 76.1. The van der Waals surface area contributed by atoms with Crippen LogP contribution in [0.15, 0.2) is 103 Å². The molecule has 0 radical (unpaired) electrons. The number of aromatic nitrogens is 7. The maximum atomic E-state index is 13.4. The average molecular weight is 2110 g/mol. The van der Waals surface area contributed by atoms with Crippen LogP contribution in [0.3, 0.4) is 0 Å². The summed E-state index contributed by atoms with van der Waals surface area (Å²) in [7, 11) is 0. The second kappa shape index (κ2) is 49.6. The van der Waals surface area contributed by atoms with Gasteiger partial charge in [-0.3, -0.25) is 43.7 Å². The van der Waals surface area contributed by atoms with Crippen LogP contribution in [0, 0.1) is 30.9 Å². The summed E-state index contributed by atoms with van der Waals surface area (Å²) in [5.74, 6) is -14.0. The number of carbonyl (C=O) groups excluding carboxylic acids is 3. The number of fused-ring (bicyclic) bond motifs is 7. The maximum absolute atomic E-state index is 13.4. The summed E-state index contributed by atoms with van der Waals surface area (Å²) < 4.78 is 94.6. The fraction of sp³-hybridized carbons (Fsp3) is 0.263. The molecule has 0 aliphatic carbocycles. The lowest BCUT2D eigenvalue weighted by atomic mass is 9.99. The predicted molar refractivity (Wildman–Crippen MR) is 511 cm³/mol. The predicted octanol–water partition coefficient (Wildman–Crippen LogP) is 20.8. The van der Waals surface area contributed by atoms with Crippen molar-refractivity contribution in [3.8, 4) is 0 Å². The van der Waals surface area contributed by atoms with Gasteiger partial charge in [0.1, 0.15) is 39.9 Å². The third-order valence-electron chi connectivity index (χ3n) is 21.3. The van der Waals surface area contributed by atoms with E-state index in [0.29, 0.717) is 103 Å². The highest BCUT2D eigenvalue weighted by Crippen LogP contribution is 2.44. The number of benzene rings is 7. The first-order valence-electron chi connectivity index (χ1n) is 42.6. The first kappa shape index (κ1) is 114. The number of alkyl halides is 6. The normalized spacial score (nSPS) is 11.1. The minimum atomic E-state index is -4.80. The second-order valence-electron chi connectivity index (χ2n) is 31.2. The summed E-state index contributed by atoms with van der Waals surface area (Å²) in [6.45, 7) is 10.6. The van der Waals surface area contributed by atoms with Crippen molar-refractivity contribution in [2.75, 3.05) is 19.8 Å². The molecule has 49 heteroatoms. The minimum Gasteiger partial charge on any atom is -0.481 e. The number of nitro benzene ring substituents is 1. The molecular formula is C95H87Cl5F6N8O30. The fourth-order valence-electron chi connectivity index (χ4n) is 15.3. The lowest BCUT2D eigenvalue weighted by Crippen LogP contribution is -2.10. The number of esters is 3. The first-order valence-corrected chi connectivity index (χ1v) is 44.5. The lowest BCUT2D eigenvalue weighted by molar-refractivity contribution is -0.384. The Morgan fingerprint density at radius 3 is 1.03 bits per heavy atom. The monoisotopic (exact) mass is 2110 g/mol. The van der Waals surface area contributed by atoms with E-state index >= 15 is 0 Å². The number of nitro groups is 1. The zero-order valence-corrected chi connectivity index (χ0v) is 79.9. The van der Waals surface area contributed by atoms with Crippen LogP contribution in [0.1, 0.15) is 206 Å². The van der Waals surface area contributed by atoms with E-state index in [0.717, 1.165) is 34.2 Å². The molecule has 0 fully saturated rings. The van der Waals surface area contributed by atoms with Crippen molar-refractivity contribution >= 4 is 224 Å². The molecule has 764 valence electrons. The summed E-state index contributed by atoms with van der Waals surface area (Å²) >= 11 is 29.5. The van der Waals surface area contributed by atoms with Crippen LogP contribution < -0.4 is 0 Å². The summed E-state index contributed by atoms with van der Waals surface area (Å²) in [5.41, 5.74) is 5.20. The molecule has 7 aromatic heterocycles. The second-order valence-corrected chi connectivity index (χ2v) is 33.3. The average Bonchev–Trinajstić information content (AvgIpc) is 1.56. The maximum Gasteiger partial charge on any atom is 0.418 e. The standard InChI is InChI=1S/C16H16F3NO4.C14H14ClNO4.C14H14N2O6.C13H9ClF3NO4.2C13H12ClNO4.C12H10ClNO4/c1-3-24-15(23)14-9(4-5-12(21)22)13-10(16(17,18)19)6-8(2)7-11(13)20-14;1-2-20-14(19)13-9(4-6-12(17)18)10-7-8(15)3-5-11(10)16-13;1-2-22-14(19)13-9(4-6-12(17)18)10-7-8(16(20)21)3-5-11(10)15-13;14-6-2-3-7-9(10(6)13(15,16)17)5(1-4-8(19)20)11(18-7)12(21)22;1-6-4-10-8(5-9(6)14)7(2-3-11(16)17)12(15-10)13(18)19;1-6-4-8-7(2-3-10(16)17)12(13(18)19)15-11(8)9(14)5-6;13-6-1-3-9-8(5-6)7(2-4-10(15)16)11(14-9)12(17)18/h6-7,20H,3-5H2,1-2H3,(H,21,22);3,5,7,16H,2,4,6H2,1H3,(H,17,18);3,5,7,15H,2,4,6H2,1H3,(H,17,18);2-3,18H,1,4H2,(H,19,20)(H,21,22);2*4-5,15H,2-3H2,1H3,(H,16,17)(H,18,19);1,3,5,14H,2,4H2,(H,15,16)(H,17,18). The van der Waals surface area contributed by atoms with Crippen LogP contribution in [0.5, 0.6) is 0 Å². The Labute approximate surface area is 831 Å². The molecule has 0 unspecified atom stereocenters. The molecular weight excluding hydrogens is 2020 g/mol. The lowest BCUT2D eigenvalue weighted by Gasteiger charge is -2.12. The molecule has 0 aliphatic rings. The summed E-state index contributed by atoms with van der Waals surface area (Å²) in [6.07, 6.45) is -10.8. The Kier molecular flexibility index (Phi) is 39.2. The zero-order chi connectivity index (χ0) is 107. The highest BCUT2D eigenvalue weighted by atomic mass is 35.5. The molecule has 0 spiro atoms. The van der Waals surface area contributed by atoms with Crippen LogP contribution in [-0.2, 0) is 105 Å². The Morgan fingerprint density at radius 2 is 0.646 bits per heavy atom. The van der Waals surface area contributed by atoms with Gasteiger partial charge >= 0.3 is 95.9 Å². The molecule has 18 N–H and O–H groups in total. The number of carboxylic acids is 11. The van der Waals surface area contributed by atoms with E-state index in [-0.39, 0.29) is 159 Å². The number of aryl methyl sites for hydroxylation is 10. The van der Waals surface area contributed by atoms with Crippen molar-refractivity contribution in [2.45, 2.75) is 144 Å². The van der Waals surface area contributed by atoms with Gasteiger partial charge in [-0.1, -0.05) is 58.0 Å². The van der Waals surface area contributed by atoms with Gasteiger partial charge in [0.25, 0.3) is 5.69 Å². The van der Waals surface area contributed by atoms with Gasteiger partial charge in [-0.25, -0.2) is 33.6 Å². The number of ether oxygens (including phenoxy) is 3. The van der Waals surface area contributed by atoms with Gasteiger partial charge in [-0.2, -0.15) is 26.3 Å². The number of aromatic amines is 7. The third-order valence-corrected chi connectivity index (χ3v) is 22.8. The van der Waals surface area contributed by atoms with E-state index in [9.17, 15) is 109 Å². The quantitative estimate of drug-likeness (QED) is 0.00612. The highest BCUT2D eigenvalue weighted by molar-refractivity contribution is 6.36. The molecule has 0 aliphatic heterocycles. The number of carbonyl (C=O) groups is 14. The van der Waals surface area contributed by atoms with Crippen LogP contribution in [0.4, 0.5) is 32.0 Å². The number of hydrogen-bond donors (Lipinski definition) is 18. The van der Waals surface area contributed by atoms with Gasteiger partial charge in [0.05, 0.1) is 51.4 Å². The third kappa shape index (κ3) is 29.3. The summed E-state index contributed by atoms with van der Waals surface area (Å²) in [6, 6.07) is 25.9. The van der Waals surface area contributed by atoms with Crippen LogP contribution >= 0.6 is 58.0 Å². The van der Waals surface area contributed by atoms with E-state index in [1.54, 1.807) is 81.4 Å².